The number of hydrogen-bond acceptors (Lipinski definition) is 4. The number of unbranched alkanes of at least 4 members (excludes halogenated alkanes) is 21. The number of aliphatic carboxylic acids is 3. The van der Waals surface area contributed by atoms with Crippen LogP contribution in [0, 0.1) is 0 Å². The third kappa shape index (κ3) is 32.1. The Morgan fingerprint density at radius 2 is 0.761 bits per heavy atom. The molecule has 0 heterocycles. The van der Waals surface area contributed by atoms with Crippen LogP contribution in [0.1, 0.15) is 193 Å². The number of hydrogen-bond donors (Lipinski definition) is 2. The molecular formula is C39H73NO6. The van der Waals surface area contributed by atoms with E-state index in [1.807, 2.05) is 0 Å². The Balaban J connectivity index is 4.17. The first-order valence-corrected chi connectivity index (χ1v) is 19.4. The van der Waals surface area contributed by atoms with Gasteiger partial charge in [-0.15, -0.1) is 0 Å². The first-order valence-electron chi connectivity index (χ1n) is 19.4. The lowest BCUT2D eigenvalue weighted by molar-refractivity contribution is -0.929. The van der Waals surface area contributed by atoms with E-state index in [0.29, 0.717) is 19.3 Å². The average molecular weight is 652 g/mol. The zero-order chi connectivity index (χ0) is 34.0. The predicted molar refractivity (Wildman–Crippen MR) is 189 cm³/mol. The third-order valence-corrected chi connectivity index (χ3v) is 9.45. The molecule has 0 radical (unpaired) electrons. The smallest absolute Gasteiger partial charge is 0.303 e. The second-order valence-electron chi connectivity index (χ2n) is 13.8. The molecule has 0 aliphatic heterocycles. The number of nitrogens with zero attached hydrogens (tertiary/aromatic N) is 1. The summed E-state index contributed by atoms with van der Waals surface area (Å²) in [6.45, 7) is 5.89. The summed E-state index contributed by atoms with van der Waals surface area (Å²) < 4.78 is 0.848. The topological polar surface area (TPSA) is 115 Å². The Hall–Kier alpha value is -1.89. The van der Waals surface area contributed by atoms with Crippen LogP contribution in [0.5, 0.6) is 0 Å². The van der Waals surface area contributed by atoms with Crippen LogP contribution in [0.15, 0.2) is 12.2 Å². The first-order chi connectivity index (χ1) is 22.3. The number of carboxylic acids is 3. The minimum Gasteiger partial charge on any atom is -0.550 e. The zero-order valence-corrected chi connectivity index (χ0v) is 30.0. The Kier molecular flexibility index (Phi) is 31.7. The van der Waals surface area contributed by atoms with Gasteiger partial charge >= 0.3 is 11.9 Å². The highest BCUT2D eigenvalue weighted by atomic mass is 16.4. The quantitative estimate of drug-likeness (QED) is 0.0393. The second kappa shape index (κ2) is 33.0. The Bertz CT molecular complexity index is 698. The standard InChI is InChI=1S/C39H73NO6/c1-2-3-4-5-6-7-8-9-10-11-12-13-14-15-16-17-18-19-20-21-22-26-33-40(34-27-23-30-37(41)42,35-28-24-31-38(43)44)36-29-25-32-39(45)46/h11-12H,2-10,13-36H2,1H3,(H2-,41,42,43,44,45,46)/b12-11+. The van der Waals surface area contributed by atoms with E-state index in [1.165, 1.54) is 122 Å². The molecule has 7 heteroatoms. The van der Waals surface area contributed by atoms with Crippen LogP contribution in [-0.2, 0) is 14.4 Å². The maximum atomic E-state index is 11.0. The molecule has 7 nitrogen and oxygen atoms in total. The number of carbonyl (C=O) groups is 3. The molecule has 2 N–H and O–H groups in total. The molecule has 0 saturated carbocycles. The molecule has 270 valence electrons. The van der Waals surface area contributed by atoms with Gasteiger partial charge in [0.1, 0.15) is 0 Å². The molecule has 46 heavy (non-hydrogen) atoms. The van der Waals surface area contributed by atoms with E-state index >= 15 is 0 Å². The molecule has 0 spiro atoms. The van der Waals surface area contributed by atoms with Crippen LogP contribution in [0.2, 0.25) is 0 Å². The maximum absolute atomic E-state index is 11.0. The monoisotopic (exact) mass is 652 g/mol. The number of rotatable bonds is 37. The van der Waals surface area contributed by atoms with Crippen LogP contribution >= 0.6 is 0 Å². The SMILES string of the molecule is CCCCCCCCCC/C=C/CCCCCCCCCCCC[N+](CCCCC(=O)[O-])(CCCCC(=O)O)CCCCC(=O)O. The number of carbonyl (C=O) groups excluding carboxylic acids is 1. The molecule has 0 aromatic rings. The van der Waals surface area contributed by atoms with Crippen LogP contribution < -0.4 is 5.11 Å². The van der Waals surface area contributed by atoms with Gasteiger partial charge < -0.3 is 24.6 Å². The van der Waals surface area contributed by atoms with Gasteiger partial charge in [-0.25, -0.2) is 0 Å². The highest BCUT2D eigenvalue weighted by Crippen LogP contribution is 2.20. The van der Waals surface area contributed by atoms with Crippen molar-refractivity contribution >= 4 is 17.9 Å². The van der Waals surface area contributed by atoms with Gasteiger partial charge in [-0.1, -0.05) is 109 Å². The average Bonchev–Trinajstić information content (AvgIpc) is 3.02. The second-order valence-corrected chi connectivity index (χ2v) is 13.8. The van der Waals surface area contributed by atoms with Crippen molar-refractivity contribution in [2.75, 3.05) is 26.2 Å². The van der Waals surface area contributed by atoms with Crippen LogP contribution in [0.3, 0.4) is 0 Å². The van der Waals surface area contributed by atoms with Crippen molar-refractivity contribution in [3.8, 4) is 0 Å². The molecule has 0 saturated heterocycles. The van der Waals surface area contributed by atoms with Crippen molar-refractivity contribution in [2.24, 2.45) is 0 Å². The molecule has 0 aliphatic rings. The van der Waals surface area contributed by atoms with Crippen LogP contribution in [0.4, 0.5) is 0 Å². The maximum Gasteiger partial charge on any atom is 0.303 e. The lowest BCUT2D eigenvalue weighted by atomic mass is 10.0. The lowest BCUT2D eigenvalue weighted by Gasteiger charge is -2.39. The molecule has 0 bridgehead atoms. The van der Waals surface area contributed by atoms with Crippen LogP contribution in [-0.4, -0.2) is 58.8 Å². The lowest BCUT2D eigenvalue weighted by Crippen LogP contribution is -2.51. The minimum atomic E-state index is -1.02. The van der Waals surface area contributed by atoms with Gasteiger partial charge in [0.15, 0.2) is 0 Å². The number of carboxylic acid groups (broad SMARTS) is 3. The van der Waals surface area contributed by atoms with E-state index in [0.717, 1.165) is 56.3 Å². The van der Waals surface area contributed by atoms with E-state index in [2.05, 4.69) is 19.1 Å². The first kappa shape index (κ1) is 44.1. The van der Waals surface area contributed by atoms with Gasteiger partial charge in [0.05, 0.1) is 26.2 Å². The molecule has 0 fully saturated rings. The summed E-state index contributed by atoms with van der Waals surface area (Å²) in [6.07, 6.45) is 35.8. The summed E-state index contributed by atoms with van der Waals surface area (Å²) in [4.78, 5) is 33.0. The molecule has 0 aliphatic carbocycles. The van der Waals surface area contributed by atoms with E-state index in [1.54, 1.807) is 0 Å². The Morgan fingerprint density at radius 3 is 1.11 bits per heavy atom. The van der Waals surface area contributed by atoms with Crippen molar-refractivity contribution in [1.82, 2.24) is 0 Å². The fraction of sp³-hybridized carbons (Fsp3) is 0.872. The van der Waals surface area contributed by atoms with Gasteiger partial charge in [0, 0.05) is 18.8 Å². The fourth-order valence-corrected chi connectivity index (χ4v) is 6.59. The van der Waals surface area contributed by atoms with Crippen molar-refractivity contribution in [2.45, 2.75) is 193 Å². The highest BCUT2D eigenvalue weighted by Gasteiger charge is 2.26. The van der Waals surface area contributed by atoms with E-state index in [-0.39, 0.29) is 19.3 Å². The molecule has 0 unspecified atom stereocenters. The summed E-state index contributed by atoms with van der Waals surface area (Å²) in [7, 11) is 0. The van der Waals surface area contributed by atoms with Gasteiger partial charge in [0.25, 0.3) is 0 Å². The van der Waals surface area contributed by atoms with Crippen molar-refractivity contribution in [1.29, 1.82) is 0 Å². The molecule has 0 atom stereocenters. The summed E-state index contributed by atoms with van der Waals surface area (Å²) in [5.41, 5.74) is 0. The van der Waals surface area contributed by atoms with Gasteiger partial charge in [-0.05, 0) is 83.5 Å². The van der Waals surface area contributed by atoms with Crippen molar-refractivity contribution < 1.29 is 34.2 Å². The largest absolute Gasteiger partial charge is 0.550 e. The van der Waals surface area contributed by atoms with Gasteiger partial charge in [-0.3, -0.25) is 9.59 Å². The van der Waals surface area contributed by atoms with Crippen molar-refractivity contribution in [3.63, 3.8) is 0 Å². The fourth-order valence-electron chi connectivity index (χ4n) is 6.59. The van der Waals surface area contributed by atoms with Gasteiger partial charge in [0.2, 0.25) is 0 Å². The number of allylic oxidation sites excluding steroid dienone is 2. The molecule has 0 aromatic heterocycles. The van der Waals surface area contributed by atoms with E-state index < -0.39 is 17.9 Å². The van der Waals surface area contributed by atoms with E-state index in [4.69, 9.17) is 10.2 Å². The van der Waals surface area contributed by atoms with E-state index in [9.17, 15) is 19.5 Å². The highest BCUT2D eigenvalue weighted by molar-refractivity contribution is 5.66. The molecule has 0 aromatic carbocycles. The zero-order valence-electron chi connectivity index (χ0n) is 30.0. The summed E-state index contributed by atoms with van der Waals surface area (Å²) in [5, 5.41) is 29.0. The third-order valence-electron chi connectivity index (χ3n) is 9.45. The molecular weight excluding hydrogens is 578 g/mol. The summed E-state index contributed by atoms with van der Waals surface area (Å²) in [5.74, 6) is -2.56. The van der Waals surface area contributed by atoms with Crippen LogP contribution in [0.25, 0.3) is 0 Å². The van der Waals surface area contributed by atoms with Crippen molar-refractivity contribution in [3.05, 3.63) is 12.2 Å². The van der Waals surface area contributed by atoms with Gasteiger partial charge in [-0.2, -0.15) is 0 Å². The Labute approximate surface area is 283 Å². The number of quaternary nitrogens is 1. The summed E-state index contributed by atoms with van der Waals surface area (Å²) in [6, 6.07) is 0. The molecule has 0 rings (SSSR count). The normalized spacial score (nSPS) is 11.8. The minimum absolute atomic E-state index is 0.0640. The summed E-state index contributed by atoms with van der Waals surface area (Å²) >= 11 is 0. The molecule has 0 amide bonds. The Morgan fingerprint density at radius 1 is 0.457 bits per heavy atom. The predicted octanol–water partition coefficient (Wildman–Crippen LogP) is 9.61.